The standard InChI is InChI=1S/C17H35O13P5/c1-13(2)7-5-8-14(3)9-6-10-15(4)11-12-31(18,16(32(19,20)21)33(22,23)24)17(34(25,26)27)35(28,29)30/h7,9,11,16-17H,5-6,8,10,12H2,1-4H3,(H2,19,20,21)(H2,22,23,24)(H2,25,26,27)(H2,28,29,30). The molecular weight excluding hydrogens is 567 g/mol. The lowest BCUT2D eigenvalue weighted by atomic mass is 10.1. The summed E-state index contributed by atoms with van der Waals surface area (Å²) < 4.78 is 61.2. The topological polar surface area (TPSA) is 247 Å². The molecule has 8 N–H and O–H groups in total. The van der Waals surface area contributed by atoms with Gasteiger partial charge >= 0.3 is 30.4 Å². The van der Waals surface area contributed by atoms with Gasteiger partial charge in [-0.2, -0.15) is 0 Å². The molecule has 0 unspecified atom stereocenters. The first-order chi connectivity index (χ1) is 15.4. The average Bonchev–Trinajstić information content (AvgIpc) is 2.54. The summed E-state index contributed by atoms with van der Waals surface area (Å²) in [4.78, 5) is 76.1. The fraction of sp³-hybridized carbons (Fsp3) is 0.647. The number of rotatable bonds is 14. The molecule has 18 heteroatoms. The molecule has 0 aliphatic rings. The van der Waals surface area contributed by atoms with Crippen LogP contribution in [0.1, 0.15) is 53.4 Å². The summed E-state index contributed by atoms with van der Waals surface area (Å²) in [6.07, 6.45) is 6.03. The fourth-order valence-corrected chi connectivity index (χ4v) is 19.8. The molecule has 0 bridgehead atoms. The SMILES string of the molecule is CC(C)=CCCC(C)=CCCC(C)=CCP(=O)(C(P(=O)(O)O)P(=O)(O)O)C(P(=O)(O)O)P(=O)(O)O. The molecule has 0 aromatic heterocycles. The van der Waals surface area contributed by atoms with Crippen LogP contribution < -0.4 is 0 Å². The van der Waals surface area contributed by atoms with E-state index in [1.54, 1.807) is 0 Å². The minimum absolute atomic E-state index is 0.271. The Morgan fingerprint density at radius 2 is 0.886 bits per heavy atom. The van der Waals surface area contributed by atoms with E-state index in [2.05, 4.69) is 6.08 Å². The van der Waals surface area contributed by atoms with Gasteiger partial charge in [0.25, 0.3) is 0 Å². The Bertz CT molecular complexity index is 968. The quantitative estimate of drug-likeness (QED) is 0.103. The zero-order valence-corrected chi connectivity index (χ0v) is 24.2. The molecule has 0 spiro atoms. The molecule has 13 nitrogen and oxygen atoms in total. The van der Waals surface area contributed by atoms with E-state index in [-0.39, 0.29) is 6.42 Å². The van der Waals surface area contributed by atoms with Crippen LogP contribution in [0.5, 0.6) is 0 Å². The van der Waals surface area contributed by atoms with E-state index in [1.807, 2.05) is 26.8 Å². The van der Waals surface area contributed by atoms with Gasteiger partial charge in [-0.1, -0.05) is 34.9 Å². The van der Waals surface area contributed by atoms with Gasteiger partial charge in [-0.15, -0.1) is 0 Å². The van der Waals surface area contributed by atoms with Crippen molar-refractivity contribution in [3.8, 4) is 0 Å². The molecule has 0 aliphatic heterocycles. The van der Waals surface area contributed by atoms with Crippen molar-refractivity contribution >= 4 is 37.5 Å². The Hall–Kier alpha value is 0.0500. The molecule has 0 fully saturated rings. The molecule has 0 rings (SSSR count). The first-order valence-corrected chi connectivity index (χ1v) is 18.9. The molecule has 35 heavy (non-hydrogen) atoms. The lowest BCUT2D eigenvalue weighted by Crippen LogP contribution is -2.22. The van der Waals surface area contributed by atoms with Gasteiger partial charge in [-0.05, 0) is 53.4 Å². The van der Waals surface area contributed by atoms with Crippen LogP contribution in [0.15, 0.2) is 34.9 Å². The second kappa shape index (κ2) is 13.2. The number of hydrogen-bond donors (Lipinski definition) is 8. The normalized spacial score (nSPS) is 15.1. The molecule has 0 atom stereocenters. The van der Waals surface area contributed by atoms with Crippen LogP contribution in [0, 0.1) is 0 Å². The van der Waals surface area contributed by atoms with Crippen LogP contribution in [0.25, 0.3) is 0 Å². The number of hydrogen-bond acceptors (Lipinski definition) is 5. The van der Waals surface area contributed by atoms with Crippen LogP contribution in [-0.2, 0) is 22.8 Å². The molecular formula is C17H35O13P5. The van der Waals surface area contributed by atoms with Crippen molar-refractivity contribution in [2.75, 3.05) is 6.16 Å². The highest BCUT2D eigenvalue weighted by Crippen LogP contribution is 2.87. The highest BCUT2D eigenvalue weighted by atomic mass is 31.3. The van der Waals surface area contributed by atoms with E-state index < -0.39 is 54.0 Å². The van der Waals surface area contributed by atoms with Gasteiger partial charge in [0, 0.05) is 6.16 Å². The Labute approximate surface area is 204 Å². The van der Waals surface area contributed by atoms with E-state index in [0.717, 1.165) is 24.5 Å². The van der Waals surface area contributed by atoms with Crippen molar-refractivity contribution in [2.24, 2.45) is 0 Å². The number of allylic oxidation sites excluding steroid dienone is 6. The third kappa shape index (κ3) is 12.0. The highest BCUT2D eigenvalue weighted by molar-refractivity contribution is 8.00. The van der Waals surface area contributed by atoms with Crippen molar-refractivity contribution in [3.63, 3.8) is 0 Å². The average molecular weight is 602 g/mol. The summed E-state index contributed by atoms with van der Waals surface area (Å²) >= 11 is 0. The zero-order valence-electron chi connectivity index (χ0n) is 19.8. The van der Waals surface area contributed by atoms with Crippen molar-refractivity contribution < 1.29 is 62.0 Å². The lowest BCUT2D eigenvalue weighted by molar-refractivity contribution is 0.348. The smallest absolute Gasteiger partial charge is 0.323 e. The van der Waals surface area contributed by atoms with Crippen LogP contribution in [0.3, 0.4) is 0 Å². The van der Waals surface area contributed by atoms with Crippen LogP contribution >= 0.6 is 37.5 Å². The maximum Gasteiger partial charge on any atom is 0.348 e. The first kappa shape index (κ1) is 35.0. The van der Waals surface area contributed by atoms with Crippen LogP contribution in [0.2, 0.25) is 0 Å². The fourth-order valence-electron chi connectivity index (χ4n) is 3.36. The molecule has 0 saturated heterocycles. The molecule has 0 heterocycles. The molecule has 206 valence electrons. The molecule has 0 aromatic rings. The van der Waals surface area contributed by atoms with E-state index >= 15 is 0 Å². The second-order valence-electron chi connectivity index (χ2n) is 8.55. The molecule has 0 radical (unpaired) electrons. The van der Waals surface area contributed by atoms with Crippen molar-refractivity contribution in [1.29, 1.82) is 0 Å². The minimum Gasteiger partial charge on any atom is -0.323 e. The highest BCUT2D eigenvalue weighted by Gasteiger charge is 2.66. The molecule has 0 amide bonds. The van der Waals surface area contributed by atoms with Gasteiger partial charge in [0.05, 0.1) is 0 Å². The van der Waals surface area contributed by atoms with Crippen LogP contribution in [-0.4, -0.2) is 55.6 Å². The van der Waals surface area contributed by atoms with Crippen molar-refractivity contribution in [2.45, 2.75) is 63.7 Å². The summed E-state index contributed by atoms with van der Waals surface area (Å²) in [5.41, 5.74) is 2.60. The van der Waals surface area contributed by atoms with Gasteiger partial charge < -0.3 is 43.7 Å². The molecule has 0 aliphatic carbocycles. The largest absolute Gasteiger partial charge is 0.348 e. The molecule has 0 saturated carbocycles. The van der Waals surface area contributed by atoms with E-state index in [0.29, 0.717) is 12.0 Å². The zero-order chi connectivity index (χ0) is 28.0. The maximum absolute atomic E-state index is 13.6. The summed E-state index contributed by atoms with van der Waals surface area (Å²) in [5.74, 6) is 0. The predicted octanol–water partition coefficient (Wildman–Crippen LogP) is 4.05. The Kier molecular flexibility index (Phi) is 13.2. The van der Waals surface area contributed by atoms with E-state index in [9.17, 15) is 62.0 Å². The third-order valence-corrected chi connectivity index (χ3v) is 21.5. The summed E-state index contributed by atoms with van der Waals surface area (Å²) in [5, 5.41) is -7.01. The van der Waals surface area contributed by atoms with E-state index in [1.165, 1.54) is 12.5 Å². The Morgan fingerprint density at radius 1 is 0.571 bits per heavy atom. The second-order valence-corrected chi connectivity index (χ2v) is 20.9. The lowest BCUT2D eigenvalue weighted by Gasteiger charge is -2.34. The summed E-state index contributed by atoms with van der Waals surface area (Å²) in [6, 6.07) is 0. The van der Waals surface area contributed by atoms with Crippen molar-refractivity contribution in [1.82, 2.24) is 0 Å². The van der Waals surface area contributed by atoms with Gasteiger partial charge in [0.1, 0.15) is 7.14 Å². The first-order valence-electron chi connectivity index (χ1n) is 10.2. The Morgan fingerprint density at radius 3 is 1.20 bits per heavy atom. The minimum atomic E-state index is -6.08. The summed E-state index contributed by atoms with van der Waals surface area (Å²) in [6.45, 7) is 7.31. The maximum atomic E-state index is 13.6. The molecule has 0 aromatic carbocycles. The van der Waals surface area contributed by atoms with Gasteiger partial charge in [0.15, 0.2) is 0 Å². The van der Waals surface area contributed by atoms with Gasteiger partial charge in [-0.25, -0.2) is 0 Å². The summed E-state index contributed by atoms with van der Waals surface area (Å²) in [7, 11) is -30.0. The van der Waals surface area contributed by atoms with Crippen LogP contribution in [0.4, 0.5) is 0 Å². The predicted molar refractivity (Wildman–Crippen MR) is 134 cm³/mol. The third-order valence-electron chi connectivity index (χ3n) is 4.83. The Balaban J connectivity index is 6.27. The monoisotopic (exact) mass is 602 g/mol. The van der Waals surface area contributed by atoms with Gasteiger partial charge in [0.2, 0.25) is 10.3 Å². The van der Waals surface area contributed by atoms with Gasteiger partial charge in [-0.3, -0.25) is 18.3 Å². The van der Waals surface area contributed by atoms with E-state index in [4.69, 9.17) is 0 Å². The van der Waals surface area contributed by atoms with Crippen molar-refractivity contribution in [3.05, 3.63) is 34.9 Å².